The lowest BCUT2D eigenvalue weighted by molar-refractivity contribution is -0.117. The summed E-state index contributed by atoms with van der Waals surface area (Å²) < 4.78 is 0. The van der Waals surface area contributed by atoms with Gasteiger partial charge in [-0.15, -0.1) is 0 Å². The van der Waals surface area contributed by atoms with E-state index < -0.39 is 6.04 Å². The Labute approximate surface area is 115 Å². The Bertz CT molecular complexity index is 425. The first-order chi connectivity index (χ1) is 9.15. The van der Waals surface area contributed by atoms with Crippen LogP contribution in [0, 0.1) is 0 Å². The molecule has 1 saturated heterocycles. The zero-order valence-electron chi connectivity index (χ0n) is 11.6. The van der Waals surface area contributed by atoms with Gasteiger partial charge in [0.25, 0.3) is 0 Å². The summed E-state index contributed by atoms with van der Waals surface area (Å²) in [5, 5.41) is 2.84. The smallest absolute Gasteiger partial charge is 0.240 e. The highest BCUT2D eigenvalue weighted by Gasteiger charge is 2.11. The summed E-state index contributed by atoms with van der Waals surface area (Å²) in [5.41, 5.74) is 7.62. The maximum atomic E-state index is 11.6. The molecule has 1 amide bonds. The second-order valence-electron chi connectivity index (χ2n) is 5.32. The minimum atomic E-state index is -0.481. The van der Waals surface area contributed by atoms with Gasteiger partial charge in [0.05, 0.1) is 6.04 Å². The van der Waals surface area contributed by atoms with E-state index in [9.17, 15) is 4.79 Å². The second kappa shape index (κ2) is 6.68. The van der Waals surface area contributed by atoms with Crippen LogP contribution in [0.3, 0.4) is 0 Å². The molecule has 1 atom stereocenters. The third-order valence-corrected chi connectivity index (χ3v) is 3.46. The summed E-state index contributed by atoms with van der Waals surface area (Å²) in [6, 6.07) is 7.55. The number of likely N-dealkylation sites (tertiary alicyclic amines) is 1. The van der Waals surface area contributed by atoms with Gasteiger partial charge in [0, 0.05) is 12.2 Å². The van der Waals surface area contributed by atoms with Crippen molar-refractivity contribution < 1.29 is 4.79 Å². The van der Waals surface area contributed by atoms with Crippen LogP contribution >= 0.6 is 0 Å². The van der Waals surface area contributed by atoms with E-state index in [1.807, 2.05) is 18.2 Å². The topological polar surface area (TPSA) is 58.4 Å². The molecule has 4 nitrogen and oxygen atoms in total. The molecule has 104 valence electrons. The Hall–Kier alpha value is -1.39. The minimum Gasteiger partial charge on any atom is -0.325 e. The molecule has 1 aromatic rings. The van der Waals surface area contributed by atoms with Gasteiger partial charge >= 0.3 is 0 Å². The zero-order valence-corrected chi connectivity index (χ0v) is 11.6. The molecule has 0 spiro atoms. The van der Waals surface area contributed by atoms with Crippen LogP contribution in [0.25, 0.3) is 0 Å². The molecule has 0 bridgehead atoms. The van der Waals surface area contributed by atoms with Crippen LogP contribution in [0.15, 0.2) is 24.3 Å². The van der Waals surface area contributed by atoms with Crippen molar-refractivity contribution in [2.75, 3.05) is 18.4 Å². The molecule has 0 aliphatic carbocycles. The Morgan fingerprint density at radius 2 is 2.11 bits per heavy atom. The van der Waals surface area contributed by atoms with E-state index in [2.05, 4.69) is 16.3 Å². The second-order valence-corrected chi connectivity index (χ2v) is 5.32. The fourth-order valence-electron chi connectivity index (χ4n) is 2.38. The first-order valence-electron chi connectivity index (χ1n) is 7.03. The van der Waals surface area contributed by atoms with Crippen molar-refractivity contribution in [3.05, 3.63) is 29.8 Å². The van der Waals surface area contributed by atoms with Gasteiger partial charge in [0.15, 0.2) is 0 Å². The molecule has 0 unspecified atom stereocenters. The molecule has 1 aliphatic rings. The van der Waals surface area contributed by atoms with Crippen LogP contribution in [0.1, 0.15) is 31.7 Å². The van der Waals surface area contributed by atoms with E-state index in [0.29, 0.717) is 0 Å². The normalized spacial score (nSPS) is 18.0. The van der Waals surface area contributed by atoms with Crippen molar-refractivity contribution in [1.82, 2.24) is 4.90 Å². The molecular weight excluding hydrogens is 238 g/mol. The highest BCUT2D eigenvalue weighted by atomic mass is 16.2. The number of anilines is 1. The molecule has 1 aromatic carbocycles. The largest absolute Gasteiger partial charge is 0.325 e. The van der Waals surface area contributed by atoms with Crippen molar-refractivity contribution in [1.29, 1.82) is 0 Å². The maximum absolute atomic E-state index is 11.6. The monoisotopic (exact) mass is 261 g/mol. The summed E-state index contributed by atoms with van der Waals surface area (Å²) in [4.78, 5) is 14.0. The van der Waals surface area contributed by atoms with Gasteiger partial charge in [-0.25, -0.2) is 0 Å². The molecule has 1 heterocycles. The van der Waals surface area contributed by atoms with Crippen molar-refractivity contribution in [3.63, 3.8) is 0 Å². The van der Waals surface area contributed by atoms with Gasteiger partial charge in [-0.1, -0.05) is 18.6 Å². The van der Waals surface area contributed by atoms with Gasteiger partial charge in [-0.05, 0) is 50.6 Å². The SMILES string of the molecule is C[C@@H](N)C(=O)Nc1cccc(CN2CCCCC2)c1. The Kier molecular flexibility index (Phi) is 4.93. The Balaban J connectivity index is 1.96. The van der Waals surface area contributed by atoms with Crippen molar-refractivity contribution in [2.24, 2.45) is 5.73 Å². The van der Waals surface area contributed by atoms with Crippen LogP contribution in [-0.2, 0) is 11.3 Å². The van der Waals surface area contributed by atoms with Crippen LogP contribution < -0.4 is 11.1 Å². The van der Waals surface area contributed by atoms with E-state index in [1.165, 1.54) is 37.9 Å². The molecule has 4 heteroatoms. The number of nitrogens with one attached hydrogen (secondary N) is 1. The standard InChI is InChI=1S/C15H23N3O/c1-12(16)15(19)17-14-7-5-6-13(10-14)11-18-8-3-2-4-9-18/h5-7,10,12H,2-4,8-9,11,16H2,1H3,(H,17,19)/t12-/m1/s1. The lowest BCUT2D eigenvalue weighted by Crippen LogP contribution is -2.32. The fraction of sp³-hybridized carbons (Fsp3) is 0.533. The van der Waals surface area contributed by atoms with Crippen molar-refractivity contribution >= 4 is 11.6 Å². The number of carbonyl (C=O) groups is 1. The highest BCUT2D eigenvalue weighted by Crippen LogP contribution is 2.16. The van der Waals surface area contributed by atoms with Gasteiger partial charge in [0.2, 0.25) is 5.91 Å². The van der Waals surface area contributed by atoms with Crippen LogP contribution in [0.4, 0.5) is 5.69 Å². The Morgan fingerprint density at radius 3 is 2.79 bits per heavy atom. The number of rotatable bonds is 4. The van der Waals surface area contributed by atoms with Gasteiger partial charge < -0.3 is 11.1 Å². The highest BCUT2D eigenvalue weighted by molar-refractivity contribution is 5.94. The molecule has 0 aromatic heterocycles. The quantitative estimate of drug-likeness (QED) is 0.871. The van der Waals surface area contributed by atoms with Crippen molar-refractivity contribution in [3.8, 4) is 0 Å². The number of benzene rings is 1. The molecule has 1 fully saturated rings. The molecule has 2 rings (SSSR count). The first-order valence-corrected chi connectivity index (χ1v) is 7.03. The molecule has 1 aliphatic heterocycles. The number of carbonyl (C=O) groups excluding carboxylic acids is 1. The predicted octanol–water partition coefficient (Wildman–Crippen LogP) is 1.96. The molecule has 19 heavy (non-hydrogen) atoms. The van der Waals surface area contributed by atoms with Gasteiger partial charge in [-0.3, -0.25) is 9.69 Å². The lowest BCUT2D eigenvalue weighted by Gasteiger charge is -2.26. The summed E-state index contributed by atoms with van der Waals surface area (Å²) in [5.74, 6) is -0.143. The molecular formula is C15H23N3O. The number of piperidine rings is 1. The van der Waals surface area contributed by atoms with Crippen LogP contribution in [0.5, 0.6) is 0 Å². The minimum absolute atomic E-state index is 0.143. The maximum Gasteiger partial charge on any atom is 0.240 e. The van der Waals surface area contributed by atoms with Gasteiger partial charge in [0.1, 0.15) is 0 Å². The fourth-order valence-corrected chi connectivity index (χ4v) is 2.38. The molecule has 3 N–H and O–H groups in total. The molecule has 0 radical (unpaired) electrons. The zero-order chi connectivity index (χ0) is 13.7. The molecule has 0 saturated carbocycles. The van der Waals surface area contributed by atoms with E-state index in [4.69, 9.17) is 5.73 Å². The number of hydrogen-bond acceptors (Lipinski definition) is 3. The summed E-state index contributed by atoms with van der Waals surface area (Å²) >= 11 is 0. The average Bonchev–Trinajstić information content (AvgIpc) is 2.40. The summed E-state index contributed by atoms with van der Waals surface area (Å²) in [6.07, 6.45) is 3.93. The van der Waals surface area contributed by atoms with Gasteiger partial charge in [-0.2, -0.15) is 0 Å². The van der Waals surface area contributed by atoms with E-state index in [-0.39, 0.29) is 5.91 Å². The number of nitrogens with zero attached hydrogens (tertiary/aromatic N) is 1. The summed E-state index contributed by atoms with van der Waals surface area (Å²) in [6.45, 7) is 5.00. The number of nitrogens with two attached hydrogens (primary N) is 1. The van der Waals surface area contributed by atoms with Crippen molar-refractivity contribution in [2.45, 2.75) is 38.8 Å². The third kappa shape index (κ3) is 4.33. The van der Waals surface area contributed by atoms with E-state index >= 15 is 0 Å². The van der Waals surface area contributed by atoms with Crippen LogP contribution in [-0.4, -0.2) is 29.9 Å². The number of amides is 1. The number of hydrogen-bond donors (Lipinski definition) is 2. The third-order valence-electron chi connectivity index (χ3n) is 3.46. The van der Waals surface area contributed by atoms with Crippen LogP contribution in [0.2, 0.25) is 0 Å². The summed E-state index contributed by atoms with van der Waals surface area (Å²) in [7, 11) is 0. The first kappa shape index (κ1) is 14.0. The predicted molar refractivity (Wildman–Crippen MR) is 77.8 cm³/mol. The van der Waals surface area contributed by atoms with E-state index in [0.717, 1.165) is 12.2 Å². The van der Waals surface area contributed by atoms with E-state index in [1.54, 1.807) is 6.92 Å². The lowest BCUT2D eigenvalue weighted by atomic mass is 10.1. The Morgan fingerprint density at radius 1 is 1.37 bits per heavy atom. The average molecular weight is 261 g/mol.